The van der Waals surface area contributed by atoms with Crippen LogP contribution >= 0.6 is 0 Å². The summed E-state index contributed by atoms with van der Waals surface area (Å²) in [6.07, 6.45) is 6.34. The third-order valence-electron chi connectivity index (χ3n) is 5.19. The molecule has 2 atom stereocenters. The standard InChI is InChI=1S/C22H33NO3/c1-16(2)14-17-5-7-18(8-6-17)22(19-9-10-19)23-21(24)11-13-25-15-20-4-3-12-26-20/h5-8,16,19-20,22H,3-4,9-15H2,1-2H3,(H,23,24). The number of carbonyl (C=O) groups excluding carboxylic acids is 1. The maximum atomic E-state index is 12.3. The van der Waals surface area contributed by atoms with Crippen LogP contribution in [0.4, 0.5) is 0 Å². The topological polar surface area (TPSA) is 47.6 Å². The minimum Gasteiger partial charge on any atom is -0.378 e. The summed E-state index contributed by atoms with van der Waals surface area (Å²) < 4.78 is 11.1. The summed E-state index contributed by atoms with van der Waals surface area (Å²) in [5.74, 6) is 1.33. The van der Waals surface area contributed by atoms with E-state index in [1.165, 1.54) is 24.0 Å². The maximum Gasteiger partial charge on any atom is 0.222 e. The van der Waals surface area contributed by atoms with Crippen molar-refractivity contribution in [1.29, 1.82) is 0 Å². The van der Waals surface area contributed by atoms with Crippen LogP contribution in [-0.2, 0) is 20.7 Å². The SMILES string of the molecule is CC(C)Cc1ccc(C(NC(=O)CCOCC2CCCO2)C2CC2)cc1. The van der Waals surface area contributed by atoms with Crippen LogP contribution in [-0.4, -0.2) is 31.8 Å². The van der Waals surface area contributed by atoms with Crippen LogP contribution in [0.15, 0.2) is 24.3 Å². The molecule has 0 bridgehead atoms. The molecule has 1 saturated carbocycles. The van der Waals surface area contributed by atoms with Gasteiger partial charge in [0.05, 0.1) is 25.4 Å². The van der Waals surface area contributed by atoms with Gasteiger partial charge in [0.25, 0.3) is 0 Å². The van der Waals surface area contributed by atoms with Gasteiger partial charge in [-0.1, -0.05) is 38.1 Å². The van der Waals surface area contributed by atoms with Crippen LogP contribution in [0.5, 0.6) is 0 Å². The summed E-state index contributed by atoms with van der Waals surface area (Å²) in [4.78, 5) is 12.3. The zero-order valence-electron chi connectivity index (χ0n) is 16.2. The Morgan fingerprint density at radius 3 is 2.62 bits per heavy atom. The summed E-state index contributed by atoms with van der Waals surface area (Å²) in [5.41, 5.74) is 2.60. The van der Waals surface area contributed by atoms with Crippen LogP contribution in [0.25, 0.3) is 0 Å². The predicted octanol–water partition coefficient (Wildman–Crippen LogP) is 4.04. The molecule has 0 spiro atoms. The Balaban J connectivity index is 1.44. The normalized spacial score (nSPS) is 21.1. The van der Waals surface area contributed by atoms with Crippen molar-refractivity contribution >= 4 is 5.91 Å². The third-order valence-corrected chi connectivity index (χ3v) is 5.19. The van der Waals surface area contributed by atoms with Crippen molar-refractivity contribution in [2.75, 3.05) is 19.8 Å². The lowest BCUT2D eigenvalue weighted by atomic mass is 9.97. The first kappa shape index (κ1) is 19.4. The number of benzene rings is 1. The van der Waals surface area contributed by atoms with Crippen LogP contribution in [0, 0.1) is 11.8 Å². The van der Waals surface area contributed by atoms with E-state index in [1.54, 1.807) is 0 Å². The van der Waals surface area contributed by atoms with Gasteiger partial charge in [-0.2, -0.15) is 0 Å². The van der Waals surface area contributed by atoms with Crippen LogP contribution in [0.2, 0.25) is 0 Å². The van der Waals surface area contributed by atoms with Gasteiger partial charge in [-0.05, 0) is 55.1 Å². The van der Waals surface area contributed by atoms with Crippen molar-refractivity contribution in [2.45, 2.75) is 64.5 Å². The highest BCUT2D eigenvalue weighted by atomic mass is 16.5. The molecule has 1 heterocycles. The zero-order chi connectivity index (χ0) is 18.4. The van der Waals surface area contributed by atoms with Gasteiger partial charge in [0.2, 0.25) is 5.91 Å². The van der Waals surface area contributed by atoms with E-state index in [0.29, 0.717) is 31.5 Å². The van der Waals surface area contributed by atoms with Gasteiger partial charge in [0.15, 0.2) is 0 Å². The number of carbonyl (C=O) groups is 1. The summed E-state index contributed by atoms with van der Waals surface area (Å²) in [6, 6.07) is 8.95. The molecule has 0 radical (unpaired) electrons. The van der Waals surface area contributed by atoms with E-state index in [4.69, 9.17) is 9.47 Å². The Morgan fingerprint density at radius 1 is 1.23 bits per heavy atom. The van der Waals surface area contributed by atoms with Gasteiger partial charge in [-0.3, -0.25) is 4.79 Å². The first-order valence-corrected chi connectivity index (χ1v) is 10.2. The molecule has 2 fully saturated rings. The summed E-state index contributed by atoms with van der Waals surface area (Å²) in [7, 11) is 0. The van der Waals surface area contributed by atoms with Crippen LogP contribution in [0.1, 0.15) is 63.1 Å². The average molecular weight is 360 g/mol. The van der Waals surface area contributed by atoms with E-state index in [0.717, 1.165) is 25.9 Å². The molecule has 4 heteroatoms. The second-order valence-electron chi connectivity index (χ2n) is 8.18. The second-order valence-corrected chi connectivity index (χ2v) is 8.18. The zero-order valence-corrected chi connectivity index (χ0v) is 16.2. The lowest BCUT2D eigenvalue weighted by molar-refractivity contribution is -0.123. The van der Waals surface area contributed by atoms with Gasteiger partial charge in [0.1, 0.15) is 0 Å². The maximum absolute atomic E-state index is 12.3. The molecule has 1 aromatic rings. The largest absolute Gasteiger partial charge is 0.378 e. The first-order valence-electron chi connectivity index (χ1n) is 10.2. The number of nitrogens with one attached hydrogen (secondary N) is 1. The van der Waals surface area contributed by atoms with Crippen molar-refractivity contribution in [3.8, 4) is 0 Å². The Labute approximate surface area is 157 Å². The van der Waals surface area contributed by atoms with Crippen LogP contribution < -0.4 is 5.32 Å². The van der Waals surface area contributed by atoms with Crippen LogP contribution in [0.3, 0.4) is 0 Å². The number of ether oxygens (including phenoxy) is 2. The molecule has 0 aromatic heterocycles. The fourth-order valence-corrected chi connectivity index (χ4v) is 3.64. The smallest absolute Gasteiger partial charge is 0.222 e. The van der Waals surface area contributed by atoms with E-state index in [9.17, 15) is 4.79 Å². The molecule has 2 unspecified atom stereocenters. The van der Waals surface area contributed by atoms with E-state index in [-0.39, 0.29) is 18.1 Å². The van der Waals surface area contributed by atoms with Gasteiger partial charge >= 0.3 is 0 Å². The molecule has 1 aromatic carbocycles. The molecule has 1 aliphatic carbocycles. The van der Waals surface area contributed by atoms with Crippen molar-refractivity contribution < 1.29 is 14.3 Å². The third kappa shape index (κ3) is 6.10. The molecule has 1 aliphatic heterocycles. The van der Waals surface area contributed by atoms with Gasteiger partial charge in [-0.15, -0.1) is 0 Å². The van der Waals surface area contributed by atoms with E-state index in [1.807, 2.05) is 0 Å². The minimum absolute atomic E-state index is 0.0838. The van der Waals surface area contributed by atoms with Crippen molar-refractivity contribution in [3.05, 3.63) is 35.4 Å². The van der Waals surface area contributed by atoms with Gasteiger partial charge in [-0.25, -0.2) is 0 Å². The van der Waals surface area contributed by atoms with E-state index in [2.05, 4.69) is 43.4 Å². The Bertz CT molecular complexity index is 559. The van der Waals surface area contributed by atoms with Crippen molar-refractivity contribution in [2.24, 2.45) is 11.8 Å². The Morgan fingerprint density at radius 2 is 2.00 bits per heavy atom. The Kier molecular flexibility index (Phi) is 7.09. The molecule has 1 amide bonds. The number of hydrogen-bond acceptors (Lipinski definition) is 3. The summed E-state index contributed by atoms with van der Waals surface area (Å²) in [5, 5.41) is 3.23. The molecule has 4 nitrogen and oxygen atoms in total. The molecular weight excluding hydrogens is 326 g/mol. The lowest BCUT2D eigenvalue weighted by Crippen LogP contribution is -2.30. The number of amides is 1. The van der Waals surface area contributed by atoms with Gasteiger partial charge in [0, 0.05) is 13.0 Å². The van der Waals surface area contributed by atoms with E-state index >= 15 is 0 Å². The number of rotatable bonds is 10. The Hall–Kier alpha value is -1.39. The van der Waals surface area contributed by atoms with E-state index < -0.39 is 0 Å². The van der Waals surface area contributed by atoms with Crippen molar-refractivity contribution in [3.63, 3.8) is 0 Å². The molecule has 26 heavy (non-hydrogen) atoms. The average Bonchev–Trinajstić information content (AvgIpc) is 3.32. The first-order chi connectivity index (χ1) is 12.6. The summed E-state index contributed by atoms with van der Waals surface area (Å²) >= 11 is 0. The highest BCUT2D eigenvalue weighted by Gasteiger charge is 2.33. The highest BCUT2D eigenvalue weighted by Crippen LogP contribution is 2.41. The predicted molar refractivity (Wildman–Crippen MR) is 103 cm³/mol. The molecule has 1 saturated heterocycles. The molecule has 2 aliphatic rings. The minimum atomic E-state index is 0.0838. The number of hydrogen-bond donors (Lipinski definition) is 1. The molecule has 1 N–H and O–H groups in total. The lowest BCUT2D eigenvalue weighted by Gasteiger charge is -2.19. The fourth-order valence-electron chi connectivity index (χ4n) is 3.64. The molecule has 144 valence electrons. The monoisotopic (exact) mass is 359 g/mol. The molecule has 3 rings (SSSR count). The second kappa shape index (κ2) is 9.52. The molecular formula is C22H33NO3. The van der Waals surface area contributed by atoms with Gasteiger partial charge < -0.3 is 14.8 Å². The fraction of sp³-hybridized carbons (Fsp3) is 0.682. The summed E-state index contributed by atoms with van der Waals surface area (Å²) in [6.45, 7) is 6.39. The van der Waals surface area contributed by atoms with Crippen molar-refractivity contribution in [1.82, 2.24) is 5.32 Å². The quantitative estimate of drug-likeness (QED) is 0.642. The highest BCUT2D eigenvalue weighted by molar-refractivity contribution is 5.76.